The molecule has 1 aromatic carbocycles. The Hall–Kier alpha value is -1.92. The Morgan fingerprint density at radius 2 is 2.11 bits per heavy atom. The molecule has 0 aromatic heterocycles. The maximum Gasteiger partial charge on any atom is 0.251 e. The summed E-state index contributed by atoms with van der Waals surface area (Å²) in [6.45, 7) is 0.941. The minimum Gasteiger partial charge on any atom is -0.394 e. The average Bonchev–Trinajstić information content (AvgIpc) is 2.35. The fraction of sp³-hybridized carbons (Fsp3) is 0.333. The van der Waals surface area contributed by atoms with Crippen molar-refractivity contribution in [1.82, 2.24) is 5.32 Å². The molecule has 0 radical (unpaired) electrons. The van der Waals surface area contributed by atoms with Gasteiger partial charge in [-0.1, -0.05) is 6.07 Å². The smallest absolute Gasteiger partial charge is 0.251 e. The summed E-state index contributed by atoms with van der Waals surface area (Å²) in [5.41, 5.74) is 0.893. The van der Waals surface area contributed by atoms with Crippen LogP contribution in [0.25, 0.3) is 0 Å². The molecule has 1 aromatic rings. The molecule has 0 saturated heterocycles. The second-order valence-corrected chi connectivity index (χ2v) is 3.81. The van der Waals surface area contributed by atoms with Gasteiger partial charge in [0, 0.05) is 24.7 Å². The number of rotatable bonds is 5. The monoisotopic (exact) mass is 252 g/mol. The highest BCUT2D eigenvalue weighted by Crippen LogP contribution is 2.10. The van der Waals surface area contributed by atoms with Crippen LogP contribution >= 0.6 is 0 Å². The van der Waals surface area contributed by atoms with Crippen LogP contribution in [-0.4, -0.2) is 41.3 Å². The van der Waals surface area contributed by atoms with Gasteiger partial charge in [0.1, 0.15) is 0 Å². The van der Waals surface area contributed by atoms with Gasteiger partial charge < -0.3 is 20.8 Å². The molecule has 0 fully saturated rings. The zero-order chi connectivity index (χ0) is 13.5. The van der Waals surface area contributed by atoms with Crippen LogP contribution in [0.3, 0.4) is 0 Å². The van der Waals surface area contributed by atoms with Crippen LogP contribution in [0.2, 0.25) is 0 Å². The summed E-state index contributed by atoms with van der Waals surface area (Å²) in [5, 5.41) is 22.8. The van der Waals surface area contributed by atoms with E-state index < -0.39 is 12.7 Å². The third-order valence-corrected chi connectivity index (χ3v) is 2.15. The van der Waals surface area contributed by atoms with Crippen molar-refractivity contribution in [3.63, 3.8) is 0 Å². The molecule has 1 unspecified atom stereocenters. The number of carbonyl (C=O) groups excluding carboxylic acids is 2. The van der Waals surface area contributed by atoms with Gasteiger partial charge in [0.15, 0.2) is 0 Å². The highest BCUT2D eigenvalue weighted by Gasteiger charge is 2.08. The van der Waals surface area contributed by atoms with Crippen molar-refractivity contribution in [3.05, 3.63) is 29.8 Å². The van der Waals surface area contributed by atoms with E-state index in [2.05, 4.69) is 10.6 Å². The van der Waals surface area contributed by atoms with Gasteiger partial charge in [0.05, 0.1) is 12.7 Å². The fourth-order valence-corrected chi connectivity index (χ4v) is 1.32. The highest BCUT2D eigenvalue weighted by atomic mass is 16.3. The Morgan fingerprint density at radius 3 is 2.72 bits per heavy atom. The number of anilines is 1. The van der Waals surface area contributed by atoms with Gasteiger partial charge in [-0.25, -0.2) is 0 Å². The molecule has 0 aliphatic heterocycles. The summed E-state index contributed by atoms with van der Waals surface area (Å²) < 4.78 is 0. The molecule has 1 atom stereocenters. The van der Waals surface area contributed by atoms with Crippen LogP contribution in [0.15, 0.2) is 24.3 Å². The van der Waals surface area contributed by atoms with Crippen molar-refractivity contribution < 1.29 is 19.8 Å². The first kappa shape index (κ1) is 14.1. The predicted molar refractivity (Wildman–Crippen MR) is 66.2 cm³/mol. The molecule has 0 heterocycles. The largest absolute Gasteiger partial charge is 0.394 e. The quantitative estimate of drug-likeness (QED) is 0.579. The third-order valence-electron chi connectivity index (χ3n) is 2.15. The molecular formula is C12H16N2O4. The molecule has 6 heteroatoms. The normalized spacial score (nSPS) is 11.7. The zero-order valence-electron chi connectivity index (χ0n) is 10.0. The minimum atomic E-state index is -0.979. The van der Waals surface area contributed by atoms with E-state index in [0.29, 0.717) is 11.3 Å². The van der Waals surface area contributed by atoms with Crippen LogP contribution in [-0.2, 0) is 4.79 Å². The van der Waals surface area contributed by atoms with Gasteiger partial charge in [0.2, 0.25) is 5.91 Å². The molecule has 0 bridgehead atoms. The zero-order valence-corrected chi connectivity index (χ0v) is 10.0. The number of hydrogen-bond donors (Lipinski definition) is 4. The highest BCUT2D eigenvalue weighted by molar-refractivity contribution is 5.96. The number of amides is 2. The Bertz CT molecular complexity index is 434. The second kappa shape index (κ2) is 6.73. The topological polar surface area (TPSA) is 98.7 Å². The van der Waals surface area contributed by atoms with Crippen LogP contribution in [0.5, 0.6) is 0 Å². The van der Waals surface area contributed by atoms with Crippen molar-refractivity contribution in [2.45, 2.75) is 13.0 Å². The lowest BCUT2D eigenvalue weighted by atomic mass is 10.2. The van der Waals surface area contributed by atoms with Crippen LogP contribution < -0.4 is 10.6 Å². The SMILES string of the molecule is CC(=O)Nc1cccc(C(=O)NCC(O)CO)c1. The molecule has 18 heavy (non-hydrogen) atoms. The summed E-state index contributed by atoms with van der Waals surface area (Å²) in [7, 11) is 0. The summed E-state index contributed by atoms with van der Waals surface area (Å²) >= 11 is 0. The maximum atomic E-state index is 11.7. The van der Waals surface area contributed by atoms with Crippen molar-refractivity contribution in [2.24, 2.45) is 0 Å². The summed E-state index contributed by atoms with van der Waals surface area (Å²) in [6.07, 6.45) is -0.979. The standard InChI is InChI=1S/C12H16N2O4/c1-8(16)14-10-4-2-3-9(5-10)12(18)13-6-11(17)7-15/h2-5,11,15,17H,6-7H2,1H3,(H,13,18)(H,14,16). The molecule has 0 aliphatic carbocycles. The third kappa shape index (κ3) is 4.52. The van der Waals surface area contributed by atoms with E-state index in [1.807, 2.05) is 0 Å². The number of hydrogen-bond acceptors (Lipinski definition) is 4. The second-order valence-electron chi connectivity index (χ2n) is 3.81. The summed E-state index contributed by atoms with van der Waals surface area (Å²) in [6, 6.07) is 6.43. The molecule has 98 valence electrons. The van der Waals surface area contributed by atoms with Crippen molar-refractivity contribution in [1.29, 1.82) is 0 Å². The number of carbonyl (C=O) groups is 2. The van der Waals surface area contributed by atoms with Crippen molar-refractivity contribution in [3.8, 4) is 0 Å². The molecule has 0 saturated carbocycles. The Balaban J connectivity index is 2.65. The van der Waals surface area contributed by atoms with Gasteiger partial charge in [-0.05, 0) is 18.2 Å². The van der Waals surface area contributed by atoms with E-state index in [1.165, 1.54) is 13.0 Å². The van der Waals surface area contributed by atoms with Gasteiger partial charge in [-0.3, -0.25) is 9.59 Å². The number of aliphatic hydroxyl groups is 2. The van der Waals surface area contributed by atoms with E-state index in [1.54, 1.807) is 18.2 Å². The van der Waals surface area contributed by atoms with Crippen LogP contribution in [0.1, 0.15) is 17.3 Å². The average molecular weight is 252 g/mol. The van der Waals surface area contributed by atoms with Crippen molar-refractivity contribution >= 4 is 17.5 Å². The fourth-order valence-electron chi connectivity index (χ4n) is 1.32. The van der Waals surface area contributed by atoms with E-state index in [0.717, 1.165) is 0 Å². The molecule has 0 spiro atoms. The molecule has 1 rings (SSSR count). The van der Waals surface area contributed by atoms with Gasteiger partial charge in [-0.2, -0.15) is 0 Å². The first-order valence-corrected chi connectivity index (χ1v) is 5.47. The summed E-state index contributed by atoms with van der Waals surface area (Å²) in [5.74, 6) is -0.599. The number of benzene rings is 1. The minimum absolute atomic E-state index is 0.0281. The lowest BCUT2D eigenvalue weighted by molar-refractivity contribution is -0.114. The molecule has 6 nitrogen and oxygen atoms in total. The predicted octanol–water partition coefficient (Wildman–Crippen LogP) is -0.272. The van der Waals surface area contributed by atoms with Crippen LogP contribution in [0, 0.1) is 0 Å². The molecular weight excluding hydrogens is 236 g/mol. The van der Waals surface area contributed by atoms with Gasteiger partial charge in [0.25, 0.3) is 5.91 Å². The number of aliphatic hydroxyl groups excluding tert-OH is 2. The van der Waals surface area contributed by atoms with E-state index in [-0.39, 0.29) is 18.4 Å². The van der Waals surface area contributed by atoms with E-state index >= 15 is 0 Å². The first-order valence-electron chi connectivity index (χ1n) is 5.47. The Morgan fingerprint density at radius 1 is 1.39 bits per heavy atom. The number of nitrogens with one attached hydrogen (secondary N) is 2. The van der Waals surface area contributed by atoms with Gasteiger partial charge in [-0.15, -0.1) is 0 Å². The first-order chi connectivity index (χ1) is 8.52. The van der Waals surface area contributed by atoms with Gasteiger partial charge >= 0.3 is 0 Å². The van der Waals surface area contributed by atoms with E-state index in [9.17, 15) is 9.59 Å². The Labute approximate surface area is 105 Å². The molecule has 2 amide bonds. The van der Waals surface area contributed by atoms with E-state index in [4.69, 9.17) is 10.2 Å². The maximum absolute atomic E-state index is 11.7. The lowest BCUT2D eigenvalue weighted by Gasteiger charge is -2.10. The Kier molecular flexibility index (Phi) is 5.29. The van der Waals surface area contributed by atoms with Crippen LogP contribution in [0.4, 0.5) is 5.69 Å². The van der Waals surface area contributed by atoms with Crippen molar-refractivity contribution in [2.75, 3.05) is 18.5 Å². The lowest BCUT2D eigenvalue weighted by Crippen LogP contribution is -2.33. The molecule has 0 aliphatic rings. The summed E-state index contributed by atoms with van der Waals surface area (Å²) in [4.78, 5) is 22.6. The molecule has 4 N–H and O–H groups in total.